The number of hydrogen-bond donors (Lipinski definition) is 0. The van der Waals surface area contributed by atoms with Crippen LogP contribution in [0.3, 0.4) is 0 Å². The molecule has 31 heavy (non-hydrogen) atoms. The molecule has 0 spiro atoms. The molecular weight excluding hydrogens is 432 g/mol. The predicted molar refractivity (Wildman–Crippen MR) is 127 cm³/mol. The molecule has 2 aromatic rings. The average molecular weight is 465 g/mol. The molecule has 8 heteroatoms. The van der Waals surface area contributed by atoms with Crippen LogP contribution < -0.4 is 0 Å². The molecule has 6 nitrogen and oxygen atoms in total. The molecule has 1 aliphatic rings. The Morgan fingerprint density at radius 2 is 2.00 bits per heavy atom. The van der Waals surface area contributed by atoms with Crippen LogP contribution in [0.15, 0.2) is 24.3 Å². The molecule has 2 heterocycles. The summed E-state index contributed by atoms with van der Waals surface area (Å²) in [6.45, 7) is 7.79. The first-order valence-electron chi connectivity index (χ1n) is 11.4. The standard InChI is InChI=1S/C23H33ClN4O2S/c1-3-5-14-27-22(18-8-10-19(24)11-9-18)25-28(23(27)31)15-12-21(29)26-13-6-7-20(17-26)30-16-4-2/h8-11,20H,3-7,12-17H2,1-2H3. The largest absolute Gasteiger partial charge is 0.376 e. The summed E-state index contributed by atoms with van der Waals surface area (Å²) in [6.07, 6.45) is 5.66. The molecular formula is C23H33ClN4O2S. The topological polar surface area (TPSA) is 52.3 Å². The number of unbranched alkanes of at least 4 members (excludes halogenated alkanes) is 1. The maximum Gasteiger partial charge on any atom is 0.224 e. The number of hydrogen-bond acceptors (Lipinski definition) is 4. The van der Waals surface area contributed by atoms with E-state index in [0.29, 0.717) is 29.3 Å². The number of aryl methyl sites for hydroxylation is 1. The highest BCUT2D eigenvalue weighted by Gasteiger charge is 2.24. The van der Waals surface area contributed by atoms with Crippen molar-refractivity contribution in [1.82, 2.24) is 19.2 Å². The van der Waals surface area contributed by atoms with Gasteiger partial charge >= 0.3 is 0 Å². The van der Waals surface area contributed by atoms with Crippen molar-refractivity contribution < 1.29 is 9.53 Å². The molecule has 3 rings (SSSR count). The number of nitrogens with zero attached hydrogens (tertiary/aromatic N) is 4. The number of carbonyl (C=O) groups excluding carboxylic acids is 1. The minimum atomic E-state index is 0.142. The zero-order chi connectivity index (χ0) is 22.2. The number of halogens is 1. The Hall–Kier alpha value is -1.70. The van der Waals surface area contributed by atoms with Crippen LogP contribution in [-0.2, 0) is 22.6 Å². The first-order chi connectivity index (χ1) is 15.0. The van der Waals surface area contributed by atoms with Crippen molar-refractivity contribution in [2.45, 2.75) is 71.6 Å². The second-order valence-corrected chi connectivity index (χ2v) is 8.87. The van der Waals surface area contributed by atoms with Crippen molar-refractivity contribution in [2.75, 3.05) is 19.7 Å². The third-order valence-electron chi connectivity index (χ3n) is 5.59. The van der Waals surface area contributed by atoms with Crippen molar-refractivity contribution in [3.63, 3.8) is 0 Å². The van der Waals surface area contributed by atoms with Crippen molar-refractivity contribution in [3.05, 3.63) is 34.1 Å². The molecule has 0 saturated carbocycles. The van der Waals surface area contributed by atoms with Gasteiger partial charge in [0.25, 0.3) is 0 Å². The molecule has 1 unspecified atom stereocenters. The Morgan fingerprint density at radius 3 is 2.71 bits per heavy atom. The quantitative estimate of drug-likeness (QED) is 0.445. The monoisotopic (exact) mass is 464 g/mol. The SMILES string of the molecule is CCCCn1c(-c2ccc(Cl)cc2)nn(CCC(=O)N2CCCC(OCCC)C2)c1=S. The fourth-order valence-electron chi connectivity index (χ4n) is 3.86. The number of carbonyl (C=O) groups is 1. The number of rotatable bonds is 10. The number of amides is 1. The molecule has 0 bridgehead atoms. The smallest absolute Gasteiger partial charge is 0.224 e. The zero-order valence-electron chi connectivity index (χ0n) is 18.6. The summed E-state index contributed by atoms with van der Waals surface area (Å²) in [4.78, 5) is 14.8. The molecule has 1 aromatic heterocycles. The van der Waals surface area contributed by atoms with Crippen LogP contribution in [-0.4, -0.2) is 51.0 Å². The van der Waals surface area contributed by atoms with E-state index in [1.54, 1.807) is 4.68 Å². The third kappa shape index (κ3) is 6.40. The van der Waals surface area contributed by atoms with Gasteiger partial charge in [0.2, 0.25) is 5.91 Å². The minimum Gasteiger partial charge on any atom is -0.376 e. The van der Waals surface area contributed by atoms with Gasteiger partial charge in [-0.1, -0.05) is 31.9 Å². The Labute approximate surface area is 195 Å². The van der Waals surface area contributed by atoms with Crippen molar-refractivity contribution in [3.8, 4) is 11.4 Å². The number of ether oxygens (including phenoxy) is 1. The molecule has 170 valence electrons. The molecule has 0 N–H and O–H groups in total. The fraction of sp³-hybridized carbons (Fsp3) is 0.609. The van der Waals surface area contributed by atoms with E-state index < -0.39 is 0 Å². The second kappa shape index (κ2) is 11.8. The van der Waals surface area contributed by atoms with Gasteiger partial charge in [-0.25, -0.2) is 4.68 Å². The van der Waals surface area contributed by atoms with Crippen LogP contribution in [0, 0.1) is 4.77 Å². The van der Waals surface area contributed by atoms with Crippen LogP contribution in [0.2, 0.25) is 5.02 Å². The highest BCUT2D eigenvalue weighted by molar-refractivity contribution is 7.71. The van der Waals surface area contributed by atoms with Gasteiger partial charge in [-0.3, -0.25) is 9.36 Å². The molecule has 1 aliphatic heterocycles. The molecule has 1 fully saturated rings. The van der Waals surface area contributed by atoms with E-state index >= 15 is 0 Å². The van der Waals surface area contributed by atoms with Crippen LogP contribution in [0.4, 0.5) is 0 Å². The van der Waals surface area contributed by atoms with E-state index in [2.05, 4.69) is 18.4 Å². The number of likely N-dealkylation sites (tertiary alicyclic amines) is 1. The summed E-state index contributed by atoms with van der Waals surface area (Å²) >= 11 is 11.8. The molecule has 1 atom stereocenters. The van der Waals surface area contributed by atoms with Gasteiger partial charge in [-0.05, 0) is 62.2 Å². The Kier molecular flexibility index (Phi) is 9.11. The Balaban J connectivity index is 1.70. The van der Waals surface area contributed by atoms with E-state index in [4.69, 9.17) is 33.7 Å². The maximum atomic E-state index is 12.8. The van der Waals surface area contributed by atoms with E-state index in [9.17, 15) is 4.79 Å². The average Bonchev–Trinajstić information content (AvgIpc) is 3.10. The summed E-state index contributed by atoms with van der Waals surface area (Å²) in [6, 6.07) is 7.64. The van der Waals surface area contributed by atoms with E-state index in [1.165, 1.54) is 0 Å². The summed E-state index contributed by atoms with van der Waals surface area (Å²) in [5, 5.41) is 5.46. The summed E-state index contributed by atoms with van der Waals surface area (Å²) in [5.41, 5.74) is 0.976. The lowest BCUT2D eigenvalue weighted by Gasteiger charge is -2.32. The van der Waals surface area contributed by atoms with Crippen LogP contribution in [0.1, 0.15) is 52.4 Å². The van der Waals surface area contributed by atoms with Gasteiger partial charge in [0.1, 0.15) is 0 Å². The van der Waals surface area contributed by atoms with Crippen molar-refractivity contribution >= 4 is 29.7 Å². The zero-order valence-corrected chi connectivity index (χ0v) is 20.1. The molecule has 1 aromatic carbocycles. The van der Waals surface area contributed by atoms with Gasteiger partial charge in [-0.15, -0.1) is 0 Å². The first-order valence-corrected chi connectivity index (χ1v) is 12.1. The van der Waals surface area contributed by atoms with Gasteiger partial charge in [0.05, 0.1) is 12.6 Å². The predicted octanol–water partition coefficient (Wildman–Crippen LogP) is 5.34. The number of aromatic nitrogens is 3. The van der Waals surface area contributed by atoms with Gasteiger partial charge in [0.15, 0.2) is 10.6 Å². The summed E-state index contributed by atoms with van der Waals surface area (Å²) in [7, 11) is 0. The number of piperidine rings is 1. The Bertz CT molecular complexity index is 909. The van der Waals surface area contributed by atoms with E-state index in [0.717, 1.165) is 63.2 Å². The Morgan fingerprint density at radius 1 is 1.23 bits per heavy atom. The minimum absolute atomic E-state index is 0.142. The molecule has 1 amide bonds. The maximum absolute atomic E-state index is 12.8. The number of benzene rings is 1. The lowest BCUT2D eigenvalue weighted by atomic mass is 10.1. The first kappa shape index (κ1) is 24.0. The molecule has 0 aliphatic carbocycles. The van der Waals surface area contributed by atoms with Crippen LogP contribution in [0.5, 0.6) is 0 Å². The van der Waals surface area contributed by atoms with Gasteiger partial charge < -0.3 is 9.64 Å². The lowest BCUT2D eigenvalue weighted by Crippen LogP contribution is -2.43. The normalized spacial score (nSPS) is 16.6. The highest BCUT2D eigenvalue weighted by atomic mass is 35.5. The lowest BCUT2D eigenvalue weighted by molar-refractivity contribution is -0.135. The highest BCUT2D eigenvalue weighted by Crippen LogP contribution is 2.22. The summed E-state index contributed by atoms with van der Waals surface area (Å²) < 4.78 is 10.4. The molecule has 1 saturated heterocycles. The fourth-order valence-corrected chi connectivity index (χ4v) is 4.30. The van der Waals surface area contributed by atoms with Crippen LogP contribution in [0.25, 0.3) is 11.4 Å². The summed E-state index contributed by atoms with van der Waals surface area (Å²) in [5.74, 6) is 0.969. The van der Waals surface area contributed by atoms with E-state index in [1.807, 2.05) is 29.2 Å². The second-order valence-electron chi connectivity index (χ2n) is 8.07. The third-order valence-corrected chi connectivity index (χ3v) is 6.27. The molecule has 0 radical (unpaired) electrons. The van der Waals surface area contributed by atoms with Crippen LogP contribution >= 0.6 is 23.8 Å². The van der Waals surface area contributed by atoms with Gasteiger partial charge in [-0.2, -0.15) is 5.10 Å². The van der Waals surface area contributed by atoms with Gasteiger partial charge in [0, 0.05) is 43.2 Å². The van der Waals surface area contributed by atoms with E-state index in [-0.39, 0.29) is 12.0 Å². The van der Waals surface area contributed by atoms with Crippen molar-refractivity contribution in [2.24, 2.45) is 0 Å². The van der Waals surface area contributed by atoms with Crippen molar-refractivity contribution in [1.29, 1.82) is 0 Å².